The monoisotopic (exact) mass is 309 g/mol. The lowest BCUT2D eigenvalue weighted by molar-refractivity contribution is 0.0953. The first-order chi connectivity index (χ1) is 11.3. The maximum atomic E-state index is 12.1. The molecule has 0 fully saturated rings. The Morgan fingerprint density at radius 2 is 2.00 bits per heavy atom. The number of rotatable bonds is 6. The molecular weight excluding hydrogens is 290 g/mol. The molecule has 0 bridgehead atoms. The van der Waals surface area contributed by atoms with Crippen LogP contribution in [0.3, 0.4) is 0 Å². The number of hydrogen-bond acceptors (Lipinski definition) is 4. The Bertz CT molecular complexity index is 794. The molecule has 23 heavy (non-hydrogen) atoms. The Labute approximate surface area is 134 Å². The minimum atomic E-state index is -0.0413. The summed E-state index contributed by atoms with van der Waals surface area (Å²) in [5.41, 5.74) is 1.55. The van der Waals surface area contributed by atoms with Crippen LogP contribution >= 0.6 is 0 Å². The second-order valence-electron chi connectivity index (χ2n) is 5.35. The highest BCUT2D eigenvalue weighted by molar-refractivity contribution is 5.94. The summed E-state index contributed by atoms with van der Waals surface area (Å²) in [6.07, 6.45) is 6.84. The molecule has 2 aromatic heterocycles. The Morgan fingerprint density at radius 1 is 1.17 bits per heavy atom. The second-order valence-corrected chi connectivity index (χ2v) is 5.35. The molecule has 0 saturated heterocycles. The van der Waals surface area contributed by atoms with E-state index in [-0.39, 0.29) is 5.91 Å². The van der Waals surface area contributed by atoms with Crippen LogP contribution in [0.2, 0.25) is 0 Å². The predicted octanol–water partition coefficient (Wildman–Crippen LogP) is 2.71. The smallest absolute Gasteiger partial charge is 0.255 e. The summed E-state index contributed by atoms with van der Waals surface area (Å²) >= 11 is 0. The fourth-order valence-corrected chi connectivity index (χ4v) is 2.39. The molecule has 6 nitrogen and oxygen atoms in total. The lowest BCUT2D eigenvalue weighted by Crippen LogP contribution is -2.24. The number of amides is 1. The van der Waals surface area contributed by atoms with Crippen molar-refractivity contribution in [2.24, 2.45) is 0 Å². The van der Waals surface area contributed by atoms with Gasteiger partial charge in [-0.25, -0.2) is 4.98 Å². The average Bonchev–Trinajstić information content (AvgIpc) is 3.03. The van der Waals surface area contributed by atoms with Gasteiger partial charge in [-0.2, -0.15) is 0 Å². The number of carbonyl (C=O) groups is 1. The Balaban J connectivity index is 1.73. The third kappa shape index (κ3) is 3.36. The first-order valence-corrected chi connectivity index (χ1v) is 7.84. The highest BCUT2D eigenvalue weighted by Crippen LogP contribution is 2.18. The van der Waals surface area contributed by atoms with E-state index in [1.54, 1.807) is 6.20 Å². The third-order valence-corrected chi connectivity index (χ3v) is 3.66. The SMILES string of the molecule is CCCCCNC(=O)c1ccc(-c2nnc3ncccn23)cc1. The summed E-state index contributed by atoms with van der Waals surface area (Å²) in [5, 5.41) is 11.1. The summed E-state index contributed by atoms with van der Waals surface area (Å²) in [6.45, 7) is 2.86. The molecule has 0 aliphatic rings. The number of hydrogen-bond donors (Lipinski definition) is 1. The van der Waals surface area contributed by atoms with Crippen molar-refractivity contribution in [3.63, 3.8) is 0 Å². The van der Waals surface area contributed by atoms with E-state index in [1.807, 2.05) is 40.9 Å². The topological polar surface area (TPSA) is 72.2 Å². The van der Waals surface area contributed by atoms with Crippen LogP contribution in [0.25, 0.3) is 17.2 Å². The van der Waals surface area contributed by atoms with E-state index in [9.17, 15) is 4.79 Å². The van der Waals surface area contributed by atoms with Crippen molar-refractivity contribution in [1.82, 2.24) is 24.9 Å². The molecule has 1 N–H and O–H groups in total. The van der Waals surface area contributed by atoms with Crippen molar-refractivity contribution >= 4 is 11.7 Å². The van der Waals surface area contributed by atoms with E-state index in [0.29, 0.717) is 17.2 Å². The molecule has 0 aliphatic carbocycles. The van der Waals surface area contributed by atoms with Crippen LogP contribution < -0.4 is 5.32 Å². The van der Waals surface area contributed by atoms with Gasteiger partial charge in [-0.1, -0.05) is 31.9 Å². The number of aromatic nitrogens is 4. The highest BCUT2D eigenvalue weighted by Gasteiger charge is 2.10. The summed E-state index contributed by atoms with van der Waals surface area (Å²) in [7, 11) is 0. The Kier molecular flexibility index (Phi) is 4.61. The largest absolute Gasteiger partial charge is 0.352 e. The first kappa shape index (κ1) is 15.1. The Hall–Kier alpha value is -2.76. The quantitative estimate of drug-likeness (QED) is 0.711. The molecule has 1 aromatic carbocycles. The maximum Gasteiger partial charge on any atom is 0.255 e. The van der Waals surface area contributed by atoms with Gasteiger partial charge < -0.3 is 5.32 Å². The molecule has 6 heteroatoms. The number of unbranched alkanes of at least 4 members (excludes halogenated alkanes) is 2. The average molecular weight is 309 g/mol. The minimum absolute atomic E-state index is 0.0413. The number of benzene rings is 1. The minimum Gasteiger partial charge on any atom is -0.352 e. The molecule has 0 unspecified atom stereocenters. The second kappa shape index (κ2) is 7.00. The van der Waals surface area contributed by atoms with Crippen LogP contribution in [0.1, 0.15) is 36.5 Å². The number of nitrogens with one attached hydrogen (secondary N) is 1. The number of fused-ring (bicyclic) bond motifs is 1. The number of carbonyl (C=O) groups excluding carboxylic acids is 1. The van der Waals surface area contributed by atoms with Gasteiger partial charge in [-0.15, -0.1) is 10.2 Å². The van der Waals surface area contributed by atoms with Gasteiger partial charge in [-0.05, 0) is 24.6 Å². The van der Waals surface area contributed by atoms with Crippen molar-refractivity contribution in [3.8, 4) is 11.4 Å². The maximum absolute atomic E-state index is 12.1. The van der Waals surface area contributed by atoms with Crippen LogP contribution in [0.5, 0.6) is 0 Å². The molecule has 0 atom stereocenters. The van der Waals surface area contributed by atoms with E-state index in [0.717, 1.165) is 31.4 Å². The van der Waals surface area contributed by atoms with Crippen molar-refractivity contribution in [1.29, 1.82) is 0 Å². The summed E-state index contributed by atoms with van der Waals surface area (Å²) in [6, 6.07) is 9.21. The molecule has 2 heterocycles. The molecule has 1 amide bonds. The van der Waals surface area contributed by atoms with E-state index < -0.39 is 0 Å². The van der Waals surface area contributed by atoms with Gasteiger partial charge in [0.05, 0.1) is 0 Å². The van der Waals surface area contributed by atoms with Crippen LogP contribution in [0.15, 0.2) is 42.7 Å². The molecule has 0 saturated carbocycles. The molecule has 118 valence electrons. The standard InChI is InChI=1S/C17H19N5O/c1-2-3-4-10-18-16(23)14-8-6-13(7-9-14)15-20-21-17-19-11-5-12-22(15)17/h5-9,11-12H,2-4,10H2,1H3,(H,18,23). The van der Waals surface area contributed by atoms with Gasteiger partial charge in [0.15, 0.2) is 5.82 Å². The first-order valence-electron chi connectivity index (χ1n) is 7.84. The van der Waals surface area contributed by atoms with Gasteiger partial charge in [-0.3, -0.25) is 9.20 Å². The zero-order chi connectivity index (χ0) is 16.1. The van der Waals surface area contributed by atoms with E-state index in [4.69, 9.17) is 0 Å². The fourth-order valence-electron chi connectivity index (χ4n) is 2.39. The van der Waals surface area contributed by atoms with Crippen molar-refractivity contribution in [2.45, 2.75) is 26.2 Å². The van der Waals surface area contributed by atoms with Crippen LogP contribution in [0.4, 0.5) is 0 Å². The highest BCUT2D eigenvalue weighted by atomic mass is 16.1. The van der Waals surface area contributed by atoms with Gasteiger partial charge in [0.25, 0.3) is 11.7 Å². The Morgan fingerprint density at radius 3 is 2.78 bits per heavy atom. The van der Waals surface area contributed by atoms with Gasteiger partial charge in [0, 0.05) is 30.1 Å². The lowest BCUT2D eigenvalue weighted by atomic mass is 10.1. The molecule has 3 rings (SSSR count). The van der Waals surface area contributed by atoms with Crippen molar-refractivity contribution < 1.29 is 4.79 Å². The summed E-state index contributed by atoms with van der Waals surface area (Å²) < 4.78 is 1.82. The van der Waals surface area contributed by atoms with Crippen LogP contribution in [-0.4, -0.2) is 32.0 Å². The van der Waals surface area contributed by atoms with Crippen LogP contribution in [0, 0.1) is 0 Å². The fraction of sp³-hybridized carbons (Fsp3) is 0.294. The zero-order valence-electron chi connectivity index (χ0n) is 13.1. The summed E-state index contributed by atoms with van der Waals surface area (Å²) in [5.74, 6) is 1.23. The van der Waals surface area contributed by atoms with Gasteiger partial charge in [0.2, 0.25) is 0 Å². The van der Waals surface area contributed by atoms with Gasteiger partial charge in [0.1, 0.15) is 0 Å². The van der Waals surface area contributed by atoms with E-state index in [2.05, 4.69) is 27.4 Å². The summed E-state index contributed by atoms with van der Waals surface area (Å²) in [4.78, 5) is 16.2. The van der Waals surface area contributed by atoms with Crippen LogP contribution in [-0.2, 0) is 0 Å². The van der Waals surface area contributed by atoms with Crippen molar-refractivity contribution in [3.05, 3.63) is 48.3 Å². The lowest BCUT2D eigenvalue weighted by Gasteiger charge is -2.05. The van der Waals surface area contributed by atoms with E-state index >= 15 is 0 Å². The normalized spacial score (nSPS) is 10.8. The molecule has 0 aliphatic heterocycles. The third-order valence-electron chi connectivity index (χ3n) is 3.66. The van der Waals surface area contributed by atoms with Gasteiger partial charge >= 0.3 is 0 Å². The zero-order valence-corrected chi connectivity index (χ0v) is 13.1. The molecule has 0 radical (unpaired) electrons. The molecule has 3 aromatic rings. The van der Waals surface area contributed by atoms with E-state index in [1.165, 1.54) is 0 Å². The van der Waals surface area contributed by atoms with Crippen molar-refractivity contribution in [2.75, 3.05) is 6.54 Å². The predicted molar refractivity (Wildman–Crippen MR) is 88.1 cm³/mol. The number of nitrogens with zero attached hydrogens (tertiary/aromatic N) is 4. The molecular formula is C17H19N5O. The molecule has 0 spiro atoms.